The zero-order chi connectivity index (χ0) is 13.1. The van der Waals surface area contributed by atoms with Crippen molar-refractivity contribution in [3.05, 3.63) is 17.6 Å². The lowest BCUT2D eigenvalue weighted by Crippen LogP contribution is -2.33. The highest BCUT2D eigenvalue weighted by Gasteiger charge is 2.31. The predicted octanol–water partition coefficient (Wildman–Crippen LogP) is 0.684. The zero-order valence-electron chi connectivity index (χ0n) is 10.8. The Morgan fingerprint density at radius 1 is 1.61 bits per heavy atom. The highest BCUT2D eigenvalue weighted by Crippen LogP contribution is 2.31. The standard InChI is InChI=1S/C12H19N5O/c1-8-15-7-10(11(13)14)12(16-8)17(5-6-18-2)9-3-4-9/h7,9H,3-6H2,1-2H3,(H3,13,14). The van der Waals surface area contributed by atoms with Gasteiger partial charge in [0.1, 0.15) is 17.5 Å². The van der Waals surface area contributed by atoms with Crippen LogP contribution < -0.4 is 10.6 Å². The zero-order valence-corrected chi connectivity index (χ0v) is 10.8. The number of rotatable bonds is 6. The van der Waals surface area contributed by atoms with Crippen LogP contribution in [0.3, 0.4) is 0 Å². The van der Waals surface area contributed by atoms with Gasteiger partial charge in [-0.05, 0) is 19.8 Å². The molecule has 0 amide bonds. The Bertz CT molecular complexity index is 444. The van der Waals surface area contributed by atoms with Gasteiger partial charge in [-0.15, -0.1) is 0 Å². The van der Waals surface area contributed by atoms with E-state index in [0.717, 1.165) is 25.2 Å². The predicted molar refractivity (Wildman–Crippen MR) is 70.0 cm³/mol. The Balaban J connectivity index is 2.32. The number of nitrogens with two attached hydrogens (primary N) is 1. The van der Waals surface area contributed by atoms with Crippen molar-refractivity contribution >= 4 is 11.7 Å². The second-order valence-corrected chi connectivity index (χ2v) is 4.49. The lowest BCUT2D eigenvalue weighted by molar-refractivity contribution is 0.204. The minimum absolute atomic E-state index is 0.00747. The van der Waals surface area contributed by atoms with Crippen LogP contribution in [0, 0.1) is 12.3 Å². The van der Waals surface area contributed by atoms with E-state index in [0.29, 0.717) is 24.0 Å². The molecule has 0 atom stereocenters. The van der Waals surface area contributed by atoms with Crippen molar-refractivity contribution < 1.29 is 4.74 Å². The lowest BCUT2D eigenvalue weighted by atomic mass is 10.2. The van der Waals surface area contributed by atoms with E-state index in [1.54, 1.807) is 13.3 Å². The highest BCUT2D eigenvalue weighted by molar-refractivity contribution is 5.99. The van der Waals surface area contributed by atoms with Crippen LogP contribution in [0.4, 0.5) is 5.82 Å². The van der Waals surface area contributed by atoms with Gasteiger partial charge >= 0.3 is 0 Å². The van der Waals surface area contributed by atoms with Crippen LogP contribution in [0.2, 0.25) is 0 Å². The van der Waals surface area contributed by atoms with E-state index in [2.05, 4.69) is 14.9 Å². The second-order valence-electron chi connectivity index (χ2n) is 4.49. The van der Waals surface area contributed by atoms with Crippen molar-refractivity contribution in [2.45, 2.75) is 25.8 Å². The van der Waals surface area contributed by atoms with Crippen LogP contribution in [-0.4, -0.2) is 42.1 Å². The van der Waals surface area contributed by atoms with Crippen molar-refractivity contribution in [2.75, 3.05) is 25.2 Å². The molecule has 0 bridgehead atoms. The summed E-state index contributed by atoms with van der Waals surface area (Å²) in [5, 5.41) is 7.62. The maximum atomic E-state index is 7.62. The van der Waals surface area contributed by atoms with Crippen molar-refractivity contribution in [2.24, 2.45) is 5.73 Å². The van der Waals surface area contributed by atoms with Gasteiger partial charge in [0.05, 0.1) is 12.2 Å². The molecule has 0 aromatic carbocycles. The minimum Gasteiger partial charge on any atom is -0.384 e. The number of ether oxygens (including phenoxy) is 1. The average molecular weight is 249 g/mol. The first-order chi connectivity index (χ1) is 8.63. The first-order valence-corrected chi connectivity index (χ1v) is 6.07. The van der Waals surface area contributed by atoms with Gasteiger partial charge in [-0.2, -0.15) is 0 Å². The Hall–Kier alpha value is -1.69. The summed E-state index contributed by atoms with van der Waals surface area (Å²) in [6.07, 6.45) is 3.94. The van der Waals surface area contributed by atoms with Crippen LogP contribution in [0.25, 0.3) is 0 Å². The number of nitrogen functional groups attached to an aromatic ring is 1. The molecule has 98 valence electrons. The Labute approximate surface area is 107 Å². The molecule has 1 heterocycles. The molecule has 0 spiro atoms. The number of hydrogen-bond donors (Lipinski definition) is 2. The number of nitrogens with one attached hydrogen (secondary N) is 1. The number of methoxy groups -OCH3 is 1. The molecular weight excluding hydrogens is 230 g/mol. The molecule has 1 aliphatic carbocycles. The van der Waals surface area contributed by atoms with Crippen molar-refractivity contribution in [1.29, 1.82) is 5.41 Å². The third kappa shape index (κ3) is 2.76. The first kappa shape index (κ1) is 12.8. The summed E-state index contributed by atoms with van der Waals surface area (Å²) in [5.41, 5.74) is 6.20. The van der Waals surface area contributed by atoms with Crippen LogP contribution >= 0.6 is 0 Å². The van der Waals surface area contributed by atoms with E-state index < -0.39 is 0 Å². The molecule has 1 aliphatic rings. The maximum absolute atomic E-state index is 7.62. The molecule has 0 saturated heterocycles. The summed E-state index contributed by atoms with van der Waals surface area (Å²) < 4.78 is 5.13. The van der Waals surface area contributed by atoms with Crippen LogP contribution in [-0.2, 0) is 4.74 Å². The normalized spacial score (nSPS) is 14.6. The summed E-state index contributed by atoms with van der Waals surface area (Å²) in [6.45, 7) is 3.24. The molecule has 2 rings (SSSR count). The molecule has 6 nitrogen and oxygen atoms in total. The van der Waals surface area contributed by atoms with E-state index in [9.17, 15) is 0 Å². The summed E-state index contributed by atoms with van der Waals surface area (Å²) in [4.78, 5) is 10.7. The smallest absolute Gasteiger partial charge is 0.143 e. The number of amidine groups is 1. The SMILES string of the molecule is COCCN(c1nc(C)ncc1C(=N)N)C1CC1. The number of hydrogen-bond acceptors (Lipinski definition) is 5. The van der Waals surface area contributed by atoms with Gasteiger partial charge in [0.15, 0.2) is 0 Å². The van der Waals surface area contributed by atoms with E-state index in [1.807, 2.05) is 6.92 Å². The number of aromatic nitrogens is 2. The molecule has 0 aliphatic heterocycles. The molecular formula is C12H19N5O. The van der Waals surface area contributed by atoms with Gasteiger partial charge in [0.25, 0.3) is 0 Å². The van der Waals surface area contributed by atoms with E-state index in [4.69, 9.17) is 15.9 Å². The molecule has 0 radical (unpaired) electrons. The van der Waals surface area contributed by atoms with E-state index in [1.165, 1.54) is 0 Å². The van der Waals surface area contributed by atoms with Gasteiger partial charge < -0.3 is 15.4 Å². The first-order valence-electron chi connectivity index (χ1n) is 6.07. The summed E-state index contributed by atoms with van der Waals surface area (Å²) >= 11 is 0. The lowest BCUT2D eigenvalue weighted by Gasteiger charge is -2.25. The molecule has 1 fully saturated rings. The van der Waals surface area contributed by atoms with Crippen molar-refractivity contribution in [1.82, 2.24) is 9.97 Å². The minimum atomic E-state index is 0.00747. The Morgan fingerprint density at radius 2 is 2.33 bits per heavy atom. The maximum Gasteiger partial charge on any atom is 0.143 e. The molecule has 3 N–H and O–H groups in total. The Morgan fingerprint density at radius 3 is 2.89 bits per heavy atom. The molecule has 18 heavy (non-hydrogen) atoms. The second kappa shape index (κ2) is 5.30. The largest absolute Gasteiger partial charge is 0.384 e. The molecule has 6 heteroatoms. The van der Waals surface area contributed by atoms with Gasteiger partial charge in [-0.3, -0.25) is 5.41 Å². The molecule has 1 aromatic heterocycles. The highest BCUT2D eigenvalue weighted by atomic mass is 16.5. The Kier molecular flexibility index (Phi) is 3.76. The number of anilines is 1. The summed E-state index contributed by atoms with van der Waals surface area (Å²) in [6, 6.07) is 0.493. The molecule has 0 unspecified atom stereocenters. The topological polar surface area (TPSA) is 88.1 Å². The fourth-order valence-electron chi connectivity index (χ4n) is 1.90. The third-order valence-corrected chi connectivity index (χ3v) is 2.98. The fourth-order valence-corrected chi connectivity index (χ4v) is 1.90. The third-order valence-electron chi connectivity index (χ3n) is 2.98. The average Bonchev–Trinajstić information content (AvgIpc) is 3.13. The van der Waals surface area contributed by atoms with Gasteiger partial charge in [-0.1, -0.05) is 0 Å². The van der Waals surface area contributed by atoms with Gasteiger partial charge in [0, 0.05) is 25.9 Å². The monoisotopic (exact) mass is 249 g/mol. The van der Waals surface area contributed by atoms with E-state index >= 15 is 0 Å². The fraction of sp³-hybridized carbons (Fsp3) is 0.583. The van der Waals surface area contributed by atoms with Crippen LogP contribution in [0.1, 0.15) is 24.2 Å². The van der Waals surface area contributed by atoms with E-state index in [-0.39, 0.29) is 5.84 Å². The van der Waals surface area contributed by atoms with Crippen molar-refractivity contribution in [3.63, 3.8) is 0 Å². The van der Waals surface area contributed by atoms with Crippen LogP contribution in [0.5, 0.6) is 0 Å². The quantitative estimate of drug-likeness (QED) is 0.572. The number of nitrogens with zero attached hydrogens (tertiary/aromatic N) is 3. The van der Waals surface area contributed by atoms with Gasteiger partial charge in [-0.25, -0.2) is 9.97 Å². The van der Waals surface area contributed by atoms with Crippen LogP contribution in [0.15, 0.2) is 6.20 Å². The molecule has 1 aromatic rings. The summed E-state index contributed by atoms with van der Waals surface area (Å²) in [7, 11) is 1.68. The van der Waals surface area contributed by atoms with Gasteiger partial charge in [0.2, 0.25) is 0 Å². The number of aryl methyl sites for hydroxylation is 1. The summed E-state index contributed by atoms with van der Waals surface area (Å²) in [5.74, 6) is 1.46. The van der Waals surface area contributed by atoms with Crippen molar-refractivity contribution in [3.8, 4) is 0 Å². The molecule has 1 saturated carbocycles.